The lowest BCUT2D eigenvalue weighted by Crippen LogP contribution is -2.45. The summed E-state index contributed by atoms with van der Waals surface area (Å²) in [4.78, 5) is 6.71. The molecule has 0 bridgehead atoms. The van der Waals surface area contributed by atoms with Gasteiger partial charge in [0.2, 0.25) is 0 Å². The molecule has 0 spiro atoms. The van der Waals surface area contributed by atoms with Crippen molar-refractivity contribution in [3.05, 3.63) is 22.8 Å². The number of halogens is 1. The van der Waals surface area contributed by atoms with Crippen molar-refractivity contribution in [2.75, 3.05) is 18.0 Å². The van der Waals surface area contributed by atoms with E-state index in [9.17, 15) is 0 Å². The van der Waals surface area contributed by atoms with Crippen LogP contribution in [0.15, 0.2) is 12.1 Å². The van der Waals surface area contributed by atoms with Gasteiger partial charge in [-0.15, -0.1) is 0 Å². The monoisotopic (exact) mass is 255 g/mol. The minimum Gasteiger partial charge on any atom is -0.372 e. The van der Waals surface area contributed by atoms with Gasteiger partial charge in [0.1, 0.15) is 5.82 Å². The summed E-state index contributed by atoms with van der Waals surface area (Å²) in [5, 5.41) is 0.630. The van der Waals surface area contributed by atoms with E-state index in [0.717, 1.165) is 24.6 Å². The molecule has 1 aliphatic heterocycles. The maximum atomic E-state index is 6.01. The molecule has 0 saturated carbocycles. The molecule has 17 heavy (non-hydrogen) atoms. The average molecular weight is 256 g/mol. The normalized spacial score (nSPS) is 25.1. The Morgan fingerprint density at radius 2 is 2.06 bits per heavy atom. The summed E-state index contributed by atoms with van der Waals surface area (Å²) in [6.45, 7) is 6.21. The van der Waals surface area contributed by atoms with Crippen LogP contribution in [0.1, 0.15) is 19.5 Å². The molecule has 5 heteroatoms. The molecule has 1 fully saturated rings. The fourth-order valence-electron chi connectivity index (χ4n) is 2.16. The molecule has 2 atom stereocenters. The Labute approximate surface area is 107 Å². The highest BCUT2D eigenvalue weighted by Crippen LogP contribution is 2.22. The van der Waals surface area contributed by atoms with Crippen LogP contribution in [-0.2, 0) is 11.3 Å². The highest BCUT2D eigenvalue weighted by molar-refractivity contribution is 6.31. The topological polar surface area (TPSA) is 51.4 Å². The Balaban J connectivity index is 2.21. The number of nitrogens with zero attached hydrogens (tertiary/aromatic N) is 2. The quantitative estimate of drug-likeness (QED) is 0.876. The number of aromatic nitrogens is 1. The fourth-order valence-corrected chi connectivity index (χ4v) is 2.34. The number of ether oxygens (including phenoxy) is 1. The molecule has 1 aromatic rings. The summed E-state index contributed by atoms with van der Waals surface area (Å²) >= 11 is 6.01. The van der Waals surface area contributed by atoms with Crippen LogP contribution in [0.5, 0.6) is 0 Å². The Morgan fingerprint density at radius 3 is 2.65 bits per heavy atom. The second-order valence-electron chi connectivity index (χ2n) is 4.46. The van der Waals surface area contributed by atoms with E-state index >= 15 is 0 Å². The number of anilines is 1. The van der Waals surface area contributed by atoms with Gasteiger partial charge in [-0.2, -0.15) is 0 Å². The summed E-state index contributed by atoms with van der Waals surface area (Å²) in [7, 11) is 0. The molecule has 2 heterocycles. The van der Waals surface area contributed by atoms with E-state index in [1.807, 2.05) is 12.1 Å². The number of rotatable bonds is 2. The lowest BCUT2D eigenvalue weighted by atomic mass is 10.2. The van der Waals surface area contributed by atoms with Gasteiger partial charge in [-0.1, -0.05) is 11.6 Å². The van der Waals surface area contributed by atoms with Gasteiger partial charge >= 0.3 is 0 Å². The minimum atomic E-state index is 0.220. The number of pyridine rings is 1. The van der Waals surface area contributed by atoms with Crippen molar-refractivity contribution in [1.29, 1.82) is 0 Å². The van der Waals surface area contributed by atoms with Crippen molar-refractivity contribution < 1.29 is 4.74 Å². The predicted molar refractivity (Wildman–Crippen MR) is 69.4 cm³/mol. The van der Waals surface area contributed by atoms with Gasteiger partial charge in [0.25, 0.3) is 0 Å². The van der Waals surface area contributed by atoms with E-state index in [-0.39, 0.29) is 12.2 Å². The zero-order valence-corrected chi connectivity index (χ0v) is 10.9. The molecule has 0 radical (unpaired) electrons. The van der Waals surface area contributed by atoms with Gasteiger partial charge in [0.05, 0.1) is 22.9 Å². The van der Waals surface area contributed by atoms with Crippen LogP contribution in [0, 0.1) is 0 Å². The first kappa shape index (κ1) is 12.6. The second kappa shape index (κ2) is 5.21. The molecule has 1 aliphatic rings. The molecule has 2 rings (SSSR count). The molecule has 0 unspecified atom stereocenters. The number of hydrogen-bond acceptors (Lipinski definition) is 4. The number of morpholine rings is 1. The SMILES string of the molecule is C[C@@H]1CN(c2ccc(Cl)c(CN)n2)C[C@H](C)O1. The van der Waals surface area contributed by atoms with Crippen LogP contribution in [0.2, 0.25) is 5.02 Å². The third kappa shape index (κ3) is 2.89. The molecule has 94 valence electrons. The Hall–Kier alpha value is -0.840. The van der Waals surface area contributed by atoms with Gasteiger partial charge in [-0.05, 0) is 26.0 Å². The van der Waals surface area contributed by atoms with Gasteiger partial charge in [-0.3, -0.25) is 0 Å². The Kier molecular flexibility index (Phi) is 3.86. The Bertz CT molecular complexity index is 389. The third-order valence-corrected chi connectivity index (χ3v) is 3.19. The number of nitrogens with two attached hydrogens (primary N) is 1. The van der Waals surface area contributed by atoms with E-state index < -0.39 is 0 Å². The first-order valence-electron chi connectivity index (χ1n) is 5.86. The molecule has 0 amide bonds. The molecule has 0 aliphatic carbocycles. The second-order valence-corrected chi connectivity index (χ2v) is 4.87. The van der Waals surface area contributed by atoms with E-state index in [1.54, 1.807) is 0 Å². The average Bonchev–Trinajstić information content (AvgIpc) is 2.28. The van der Waals surface area contributed by atoms with Crippen LogP contribution in [-0.4, -0.2) is 30.3 Å². The maximum absolute atomic E-state index is 6.01. The summed E-state index contributed by atoms with van der Waals surface area (Å²) in [6, 6.07) is 3.79. The largest absolute Gasteiger partial charge is 0.372 e. The summed E-state index contributed by atoms with van der Waals surface area (Å²) < 4.78 is 5.70. The van der Waals surface area contributed by atoms with Crippen molar-refractivity contribution >= 4 is 17.4 Å². The molecular formula is C12H18ClN3O. The van der Waals surface area contributed by atoms with Gasteiger partial charge < -0.3 is 15.4 Å². The lowest BCUT2D eigenvalue weighted by Gasteiger charge is -2.36. The van der Waals surface area contributed by atoms with Crippen molar-refractivity contribution in [2.45, 2.75) is 32.6 Å². The standard InChI is InChI=1S/C12H18ClN3O/c1-8-6-16(7-9(2)17-8)12-4-3-10(13)11(5-14)15-12/h3-4,8-9H,5-7,14H2,1-2H3/t8-,9+. The van der Waals surface area contributed by atoms with Crippen molar-refractivity contribution in [3.63, 3.8) is 0 Å². The molecule has 2 N–H and O–H groups in total. The molecule has 1 aromatic heterocycles. The zero-order chi connectivity index (χ0) is 12.4. The zero-order valence-electron chi connectivity index (χ0n) is 10.2. The van der Waals surface area contributed by atoms with Gasteiger partial charge in [0, 0.05) is 19.6 Å². The van der Waals surface area contributed by atoms with E-state index in [1.165, 1.54) is 0 Å². The van der Waals surface area contributed by atoms with Gasteiger partial charge in [-0.25, -0.2) is 4.98 Å². The van der Waals surface area contributed by atoms with Crippen molar-refractivity contribution in [3.8, 4) is 0 Å². The summed E-state index contributed by atoms with van der Waals surface area (Å²) in [6.07, 6.45) is 0.440. The third-order valence-electron chi connectivity index (χ3n) is 2.84. The molecule has 1 saturated heterocycles. The first-order chi connectivity index (χ1) is 8.10. The van der Waals surface area contributed by atoms with Crippen molar-refractivity contribution in [2.24, 2.45) is 5.73 Å². The summed E-state index contributed by atoms with van der Waals surface area (Å²) in [5.74, 6) is 0.928. The smallest absolute Gasteiger partial charge is 0.129 e. The van der Waals surface area contributed by atoms with E-state index in [4.69, 9.17) is 22.1 Å². The maximum Gasteiger partial charge on any atom is 0.129 e. The van der Waals surface area contributed by atoms with Crippen LogP contribution in [0.3, 0.4) is 0 Å². The molecule has 0 aromatic carbocycles. The van der Waals surface area contributed by atoms with Gasteiger partial charge in [0.15, 0.2) is 0 Å². The van der Waals surface area contributed by atoms with Crippen LogP contribution in [0.25, 0.3) is 0 Å². The first-order valence-corrected chi connectivity index (χ1v) is 6.24. The van der Waals surface area contributed by atoms with Crippen LogP contribution >= 0.6 is 11.6 Å². The minimum absolute atomic E-state index is 0.220. The predicted octanol–water partition coefficient (Wildman–Crippen LogP) is 1.81. The highest BCUT2D eigenvalue weighted by Gasteiger charge is 2.23. The lowest BCUT2D eigenvalue weighted by molar-refractivity contribution is -0.00546. The van der Waals surface area contributed by atoms with E-state index in [2.05, 4.69) is 23.7 Å². The van der Waals surface area contributed by atoms with Crippen LogP contribution < -0.4 is 10.6 Å². The highest BCUT2D eigenvalue weighted by atomic mass is 35.5. The molecular weight excluding hydrogens is 238 g/mol. The Morgan fingerprint density at radius 1 is 1.41 bits per heavy atom. The summed E-state index contributed by atoms with van der Waals surface area (Å²) in [5.41, 5.74) is 6.36. The fraction of sp³-hybridized carbons (Fsp3) is 0.583. The van der Waals surface area contributed by atoms with Crippen molar-refractivity contribution in [1.82, 2.24) is 4.98 Å². The van der Waals surface area contributed by atoms with Crippen LogP contribution in [0.4, 0.5) is 5.82 Å². The molecule has 4 nitrogen and oxygen atoms in total. The van der Waals surface area contributed by atoms with E-state index in [0.29, 0.717) is 11.6 Å². The number of hydrogen-bond donors (Lipinski definition) is 1.